The maximum atomic E-state index is 5.75. The van der Waals surface area contributed by atoms with E-state index in [-0.39, 0.29) is 0 Å². The van der Waals surface area contributed by atoms with Gasteiger partial charge in [-0.3, -0.25) is 0 Å². The van der Waals surface area contributed by atoms with Crippen LogP contribution in [-0.4, -0.2) is 23.6 Å². The number of rotatable bonds is 5. The molecule has 17 heavy (non-hydrogen) atoms. The van der Waals surface area contributed by atoms with Crippen LogP contribution in [-0.2, 0) is 0 Å². The Morgan fingerprint density at radius 1 is 1.41 bits per heavy atom. The van der Waals surface area contributed by atoms with Gasteiger partial charge in [0.25, 0.3) is 0 Å². The first-order chi connectivity index (χ1) is 8.20. The van der Waals surface area contributed by atoms with Gasteiger partial charge in [-0.1, -0.05) is 13.8 Å². The Labute approximate surface area is 105 Å². The van der Waals surface area contributed by atoms with Crippen molar-refractivity contribution in [2.75, 3.05) is 19.0 Å². The van der Waals surface area contributed by atoms with Gasteiger partial charge in [-0.2, -0.15) is 4.98 Å². The van der Waals surface area contributed by atoms with Crippen LogP contribution in [0.2, 0.25) is 0 Å². The Morgan fingerprint density at radius 3 is 2.94 bits per heavy atom. The maximum absolute atomic E-state index is 5.75. The molecule has 0 fully saturated rings. The van der Waals surface area contributed by atoms with Crippen LogP contribution < -0.4 is 10.1 Å². The first-order valence-corrected chi connectivity index (χ1v) is 6.64. The lowest BCUT2D eigenvalue weighted by molar-refractivity contribution is 0.283. The molecule has 2 aromatic heterocycles. The molecule has 0 aromatic carbocycles. The summed E-state index contributed by atoms with van der Waals surface area (Å²) in [7, 11) is 1.81. The standard InChI is InChI=1S/C12H17N3OS/c1-8(2)4-6-16-10-9-5-7-17-11(9)15-12(13-3)14-10/h5,7-8H,4,6H2,1-3H3,(H,13,14,15). The molecule has 0 atom stereocenters. The van der Waals surface area contributed by atoms with Gasteiger partial charge in [0, 0.05) is 7.05 Å². The van der Waals surface area contributed by atoms with Crippen LogP contribution >= 0.6 is 11.3 Å². The number of anilines is 1. The lowest BCUT2D eigenvalue weighted by Gasteiger charge is -2.09. The highest BCUT2D eigenvalue weighted by molar-refractivity contribution is 7.16. The molecule has 0 amide bonds. The zero-order chi connectivity index (χ0) is 12.3. The number of nitrogens with one attached hydrogen (secondary N) is 1. The van der Waals surface area contributed by atoms with Crippen LogP contribution in [0.5, 0.6) is 5.88 Å². The molecule has 5 heteroatoms. The molecular formula is C12H17N3OS. The summed E-state index contributed by atoms with van der Waals surface area (Å²) in [5.74, 6) is 1.93. The normalized spacial score (nSPS) is 11.1. The second kappa shape index (κ2) is 5.31. The molecule has 0 aliphatic carbocycles. The molecule has 0 aliphatic rings. The fraction of sp³-hybridized carbons (Fsp3) is 0.500. The van der Waals surface area contributed by atoms with Crippen molar-refractivity contribution in [2.24, 2.45) is 5.92 Å². The Balaban J connectivity index is 2.21. The second-order valence-corrected chi connectivity index (χ2v) is 5.17. The summed E-state index contributed by atoms with van der Waals surface area (Å²) in [6, 6.07) is 2.00. The molecule has 0 radical (unpaired) electrons. The minimum absolute atomic E-state index is 0.611. The fourth-order valence-electron chi connectivity index (χ4n) is 1.44. The van der Waals surface area contributed by atoms with Crippen molar-refractivity contribution in [3.63, 3.8) is 0 Å². The highest BCUT2D eigenvalue weighted by atomic mass is 32.1. The van der Waals surface area contributed by atoms with Crippen LogP contribution in [0.4, 0.5) is 5.95 Å². The topological polar surface area (TPSA) is 47.0 Å². The average molecular weight is 251 g/mol. The van der Waals surface area contributed by atoms with Crippen molar-refractivity contribution >= 4 is 27.5 Å². The molecule has 0 saturated heterocycles. The highest BCUT2D eigenvalue weighted by Gasteiger charge is 2.09. The third-order valence-electron chi connectivity index (χ3n) is 2.45. The third-order valence-corrected chi connectivity index (χ3v) is 3.25. The fourth-order valence-corrected chi connectivity index (χ4v) is 2.20. The lowest BCUT2D eigenvalue weighted by atomic mass is 10.1. The Hall–Kier alpha value is -1.36. The van der Waals surface area contributed by atoms with E-state index in [0.717, 1.165) is 16.6 Å². The largest absolute Gasteiger partial charge is 0.477 e. The van der Waals surface area contributed by atoms with Gasteiger partial charge in [0.05, 0.1) is 12.0 Å². The quantitative estimate of drug-likeness (QED) is 0.886. The zero-order valence-corrected chi connectivity index (χ0v) is 11.2. The molecule has 0 bridgehead atoms. The minimum atomic E-state index is 0.611. The van der Waals surface area contributed by atoms with Gasteiger partial charge in [-0.15, -0.1) is 11.3 Å². The van der Waals surface area contributed by atoms with Crippen LogP contribution in [0, 0.1) is 5.92 Å². The summed E-state index contributed by atoms with van der Waals surface area (Å²) < 4.78 is 5.75. The van der Waals surface area contributed by atoms with E-state index in [0.29, 0.717) is 24.4 Å². The number of thiophene rings is 1. The maximum Gasteiger partial charge on any atom is 0.227 e. The summed E-state index contributed by atoms with van der Waals surface area (Å²) in [6.07, 6.45) is 1.03. The van der Waals surface area contributed by atoms with Crippen LogP contribution in [0.1, 0.15) is 20.3 Å². The number of hydrogen-bond acceptors (Lipinski definition) is 5. The molecule has 2 rings (SSSR count). The predicted octanol–water partition coefficient (Wildman–Crippen LogP) is 3.16. The summed E-state index contributed by atoms with van der Waals surface area (Å²) >= 11 is 1.60. The Kier molecular flexibility index (Phi) is 3.78. The summed E-state index contributed by atoms with van der Waals surface area (Å²) in [5, 5.41) is 5.96. The van der Waals surface area contributed by atoms with Gasteiger partial charge in [-0.05, 0) is 23.8 Å². The van der Waals surface area contributed by atoms with Crippen molar-refractivity contribution < 1.29 is 4.74 Å². The molecular weight excluding hydrogens is 234 g/mol. The van der Waals surface area contributed by atoms with Crippen molar-refractivity contribution in [2.45, 2.75) is 20.3 Å². The van der Waals surface area contributed by atoms with Crippen LogP contribution in [0.3, 0.4) is 0 Å². The molecule has 4 nitrogen and oxygen atoms in total. The molecule has 1 N–H and O–H groups in total. The van der Waals surface area contributed by atoms with Gasteiger partial charge in [-0.25, -0.2) is 4.98 Å². The van der Waals surface area contributed by atoms with Crippen molar-refractivity contribution in [1.29, 1.82) is 0 Å². The Bertz CT molecular complexity index is 495. The summed E-state index contributed by atoms with van der Waals surface area (Å²) in [6.45, 7) is 5.06. The molecule has 0 saturated carbocycles. The summed E-state index contributed by atoms with van der Waals surface area (Å²) in [4.78, 5) is 9.69. The number of ether oxygens (including phenoxy) is 1. The van der Waals surface area contributed by atoms with E-state index in [2.05, 4.69) is 29.1 Å². The van der Waals surface area contributed by atoms with Gasteiger partial charge in [0.15, 0.2) is 0 Å². The Morgan fingerprint density at radius 2 is 2.24 bits per heavy atom. The van der Waals surface area contributed by atoms with Crippen molar-refractivity contribution in [3.8, 4) is 5.88 Å². The highest BCUT2D eigenvalue weighted by Crippen LogP contribution is 2.28. The minimum Gasteiger partial charge on any atom is -0.477 e. The van der Waals surface area contributed by atoms with E-state index in [1.807, 2.05) is 18.5 Å². The van der Waals surface area contributed by atoms with E-state index < -0.39 is 0 Å². The van der Waals surface area contributed by atoms with E-state index in [9.17, 15) is 0 Å². The van der Waals surface area contributed by atoms with Crippen molar-refractivity contribution in [1.82, 2.24) is 9.97 Å². The number of fused-ring (bicyclic) bond motifs is 1. The van der Waals surface area contributed by atoms with E-state index >= 15 is 0 Å². The number of hydrogen-bond donors (Lipinski definition) is 1. The first kappa shape index (κ1) is 12.1. The molecule has 0 spiro atoms. The van der Waals surface area contributed by atoms with Gasteiger partial charge >= 0.3 is 0 Å². The monoisotopic (exact) mass is 251 g/mol. The first-order valence-electron chi connectivity index (χ1n) is 5.76. The molecule has 2 aromatic rings. The SMILES string of the molecule is CNc1nc(OCCC(C)C)c2ccsc2n1. The van der Waals surface area contributed by atoms with E-state index in [4.69, 9.17) is 4.74 Å². The smallest absolute Gasteiger partial charge is 0.227 e. The van der Waals surface area contributed by atoms with Gasteiger partial charge in [0.1, 0.15) is 4.83 Å². The molecule has 0 aliphatic heterocycles. The van der Waals surface area contributed by atoms with Crippen LogP contribution in [0.25, 0.3) is 10.2 Å². The van der Waals surface area contributed by atoms with Crippen LogP contribution in [0.15, 0.2) is 11.4 Å². The van der Waals surface area contributed by atoms with Gasteiger partial charge in [0.2, 0.25) is 11.8 Å². The second-order valence-electron chi connectivity index (χ2n) is 4.27. The molecule has 2 heterocycles. The third kappa shape index (κ3) is 2.85. The van der Waals surface area contributed by atoms with E-state index in [1.165, 1.54) is 0 Å². The summed E-state index contributed by atoms with van der Waals surface area (Å²) in [5.41, 5.74) is 0. The average Bonchev–Trinajstić information content (AvgIpc) is 2.76. The molecule has 0 unspecified atom stereocenters. The van der Waals surface area contributed by atoms with Crippen molar-refractivity contribution in [3.05, 3.63) is 11.4 Å². The van der Waals surface area contributed by atoms with Gasteiger partial charge < -0.3 is 10.1 Å². The molecule has 92 valence electrons. The number of nitrogens with zero attached hydrogens (tertiary/aromatic N) is 2. The lowest BCUT2D eigenvalue weighted by Crippen LogP contribution is -2.05. The predicted molar refractivity (Wildman–Crippen MR) is 71.9 cm³/mol. The number of aromatic nitrogens is 2. The zero-order valence-electron chi connectivity index (χ0n) is 10.4. The van der Waals surface area contributed by atoms with E-state index in [1.54, 1.807) is 11.3 Å².